The molecule has 2 saturated heterocycles. The number of carbonyl (C=O) groups excluding carboxylic acids is 2. The molecule has 7 nitrogen and oxygen atoms in total. The van der Waals surface area contributed by atoms with Crippen LogP contribution in [0.4, 0.5) is 18.9 Å². The number of primary amides is 1. The zero-order chi connectivity index (χ0) is 26.5. The smallest absolute Gasteiger partial charge is 0.369 e. The van der Waals surface area contributed by atoms with Gasteiger partial charge in [-0.05, 0) is 60.3 Å². The molecule has 2 amide bonds. The Labute approximate surface area is 214 Å². The maximum absolute atomic E-state index is 14.0. The Kier molecular flexibility index (Phi) is 6.76. The molecule has 198 valence electrons. The average Bonchev–Trinajstić information content (AvgIpc) is 2.81. The van der Waals surface area contributed by atoms with Crippen LogP contribution >= 0.6 is 0 Å². The minimum Gasteiger partial charge on any atom is -0.369 e. The van der Waals surface area contributed by atoms with Crippen molar-refractivity contribution in [3.8, 4) is 0 Å². The second-order valence-corrected chi connectivity index (χ2v) is 10.7. The summed E-state index contributed by atoms with van der Waals surface area (Å²) in [4.78, 5) is 30.6. The number of piperazine rings is 1. The Bertz CT molecular complexity index is 1210. The Morgan fingerprint density at radius 3 is 2.49 bits per heavy atom. The van der Waals surface area contributed by atoms with Gasteiger partial charge in [0.05, 0.1) is 12.1 Å². The number of hydrogen-bond acceptors (Lipinski definition) is 5. The molecule has 2 bridgehead atoms. The second kappa shape index (κ2) is 9.74. The summed E-state index contributed by atoms with van der Waals surface area (Å²) in [5.74, 6) is -0.741. The lowest BCUT2D eigenvalue weighted by atomic mass is 9.86. The topological polar surface area (TPSA) is 81.9 Å². The molecule has 0 radical (unpaired) electrons. The maximum Gasteiger partial charge on any atom is 0.416 e. The number of likely N-dealkylation sites (tertiary alicyclic amines) is 2. The molecule has 2 aromatic rings. The van der Waals surface area contributed by atoms with E-state index in [9.17, 15) is 22.8 Å². The molecule has 0 saturated carbocycles. The summed E-state index contributed by atoms with van der Waals surface area (Å²) in [5.41, 5.74) is 7.30. The molecular formula is C27H32F3N5O2. The molecule has 3 aliphatic rings. The van der Waals surface area contributed by atoms with E-state index in [2.05, 4.69) is 15.1 Å². The highest BCUT2D eigenvalue weighted by Crippen LogP contribution is 2.38. The van der Waals surface area contributed by atoms with Gasteiger partial charge in [-0.1, -0.05) is 19.1 Å². The summed E-state index contributed by atoms with van der Waals surface area (Å²) in [7, 11) is 2.04. The molecular weight excluding hydrogens is 483 g/mol. The van der Waals surface area contributed by atoms with E-state index in [1.807, 2.05) is 24.9 Å². The van der Waals surface area contributed by atoms with E-state index in [-0.39, 0.29) is 42.3 Å². The number of nitrogens with one attached hydrogen (secondary N) is 1. The number of fused-ring (bicyclic) bond motifs is 3. The number of alkyl halides is 3. The zero-order valence-electron chi connectivity index (χ0n) is 21.0. The predicted molar refractivity (Wildman–Crippen MR) is 134 cm³/mol. The van der Waals surface area contributed by atoms with E-state index in [0.29, 0.717) is 18.7 Å². The molecule has 0 aromatic heterocycles. The van der Waals surface area contributed by atoms with Crippen molar-refractivity contribution in [2.45, 2.75) is 50.6 Å². The second-order valence-electron chi connectivity index (χ2n) is 10.7. The van der Waals surface area contributed by atoms with E-state index in [1.54, 1.807) is 18.2 Å². The number of benzene rings is 2. The molecule has 3 N–H and O–H groups in total. The van der Waals surface area contributed by atoms with Gasteiger partial charge < -0.3 is 16.0 Å². The summed E-state index contributed by atoms with van der Waals surface area (Å²) in [6, 6.07) is 9.93. The van der Waals surface area contributed by atoms with Crippen LogP contribution in [0.3, 0.4) is 0 Å². The van der Waals surface area contributed by atoms with E-state index >= 15 is 0 Å². The molecule has 2 aromatic carbocycles. The van der Waals surface area contributed by atoms with Gasteiger partial charge in [0.15, 0.2) is 0 Å². The largest absolute Gasteiger partial charge is 0.416 e. The number of piperidine rings is 1. The fourth-order valence-electron chi connectivity index (χ4n) is 6.11. The lowest BCUT2D eigenvalue weighted by Crippen LogP contribution is -2.67. The Morgan fingerprint density at radius 1 is 1.08 bits per heavy atom. The van der Waals surface area contributed by atoms with Gasteiger partial charge in [0, 0.05) is 56.1 Å². The van der Waals surface area contributed by atoms with Crippen LogP contribution in [0.15, 0.2) is 36.4 Å². The molecule has 0 spiro atoms. The summed E-state index contributed by atoms with van der Waals surface area (Å²) in [5, 5.41) is 2.64. The first-order chi connectivity index (χ1) is 17.5. The van der Waals surface area contributed by atoms with Crippen LogP contribution in [-0.2, 0) is 24.1 Å². The van der Waals surface area contributed by atoms with Gasteiger partial charge in [0.2, 0.25) is 5.91 Å². The molecule has 3 heterocycles. The number of amides is 2. The van der Waals surface area contributed by atoms with Crippen molar-refractivity contribution >= 4 is 17.5 Å². The van der Waals surface area contributed by atoms with Gasteiger partial charge in [0.25, 0.3) is 5.91 Å². The summed E-state index contributed by atoms with van der Waals surface area (Å²) in [6.45, 7) is 5.31. The van der Waals surface area contributed by atoms with Crippen LogP contribution in [0.25, 0.3) is 0 Å². The van der Waals surface area contributed by atoms with Crippen LogP contribution in [0, 0.1) is 0 Å². The van der Waals surface area contributed by atoms with Crippen molar-refractivity contribution in [1.29, 1.82) is 0 Å². The Balaban J connectivity index is 1.33. The lowest BCUT2D eigenvalue weighted by molar-refractivity contribution is -0.139. The average molecular weight is 516 g/mol. The SMILES string of the molecule is C[C@H]1CN(CC(N)=O)Cc2cc(C(=O)Nc3ccc(CN4C5CC4CN(C)C5)c(C(F)(F)F)c3)ccc21. The van der Waals surface area contributed by atoms with Gasteiger partial charge in [-0.25, -0.2) is 0 Å². The first kappa shape index (κ1) is 25.7. The normalized spacial score (nSPS) is 24.3. The number of carbonyl (C=O) groups is 2. The van der Waals surface area contributed by atoms with Gasteiger partial charge >= 0.3 is 6.18 Å². The Morgan fingerprint density at radius 2 is 1.81 bits per heavy atom. The van der Waals surface area contributed by atoms with Crippen LogP contribution in [0.5, 0.6) is 0 Å². The molecule has 3 atom stereocenters. The van der Waals surface area contributed by atoms with Crippen molar-refractivity contribution in [3.63, 3.8) is 0 Å². The van der Waals surface area contributed by atoms with Crippen LogP contribution < -0.4 is 11.1 Å². The minimum absolute atomic E-state index is 0.103. The third-order valence-corrected chi connectivity index (χ3v) is 7.79. The van der Waals surface area contributed by atoms with Gasteiger partial charge in [-0.2, -0.15) is 13.2 Å². The first-order valence-electron chi connectivity index (χ1n) is 12.6. The standard InChI is InChI=1S/C27H32F3N5O2/c1-16-10-34(15-25(31)36)11-19-7-17(4-6-23(16)19)26(37)32-20-5-3-18(24(8-20)27(28,29)30)12-35-21-9-22(35)14-33(2)13-21/h3-8,16,21-22H,9-15H2,1-2H3,(H2,31,36)(H,32,37)/t16-,21?,22?/m0/s1. The maximum atomic E-state index is 14.0. The number of hydrogen-bond donors (Lipinski definition) is 2. The number of nitrogens with two attached hydrogens (primary N) is 1. The van der Waals surface area contributed by atoms with Crippen molar-refractivity contribution in [2.24, 2.45) is 5.73 Å². The number of anilines is 1. The molecule has 2 unspecified atom stereocenters. The molecule has 2 fully saturated rings. The van der Waals surface area contributed by atoms with Crippen LogP contribution in [-0.4, -0.2) is 71.8 Å². The fourth-order valence-corrected chi connectivity index (χ4v) is 6.11. The quantitative estimate of drug-likeness (QED) is 0.618. The van der Waals surface area contributed by atoms with Gasteiger partial charge in [-0.15, -0.1) is 0 Å². The highest BCUT2D eigenvalue weighted by Gasteiger charge is 2.44. The third-order valence-electron chi connectivity index (χ3n) is 7.79. The van der Waals surface area contributed by atoms with Crippen molar-refractivity contribution in [1.82, 2.24) is 14.7 Å². The van der Waals surface area contributed by atoms with Crippen LogP contribution in [0.1, 0.15) is 51.9 Å². The molecule has 37 heavy (non-hydrogen) atoms. The first-order valence-corrected chi connectivity index (χ1v) is 12.6. The molecule has 5 rings (SSSR count). The highest BCUT2D eigenvalue weighted by atomic mass is 19.4. The van der Waals surface area contributed by atoms with E-state index in [4.69, 9.17) is 5.73 Å². The van der Waals surface area contributed by atoms with E-state index in [0.717, 1.165) is 36.7 Å². The minimum atomic E-state index is -4.53. The van der Waals surface area contributed by atoms with E-state index in [1.165, 1.54) is 6.07 Å². The molecule has 10 heteroatoms. The number of likely N-dealkylation sites (N-methyl/N-ethyl adjacent to an activating group) is 1. The highest BCUT2D eigenvalue weighted by molar-refractivity contribution is 6.04. The number of rotatable bonds is 6. The van der Waals surface area contributed by atoms with Crippen molar-refractivity contribution < 1.29 is 22.8 Å². The van der Waals surface area contributed by atoms with Crippen molar-refractivity contribution in [3.05, 3.63) is 64.2 Å². The third kappa shape index (κ3) is 5.37. The van der Waals surface area contributed by atoms with E-state index < -0.39 is 23.6 Å². The molecule has 3 aliphatic heterocycles. The predicted octanol–water partition coefficient (Wildman–Crippen LogP) is 3.25. The Hall–Kier alpha value is -2.95. The number of halogens is 3. The summed E-state index contributed by atoms with van der Waals surface area (Å²) < 4.78 is 42.0. The monoisotopic (exact) mass is 515 g/mol. The zero-order valence-corrected chi connectivity index (χ0v) is 21.0. The molecule has 0 aliphatic carbocycles. The van der Waals surface area contributed by atoms with Crippen molar-refractivity contribution in [2.75, 3.05) is 38.5 Å². The van der Waals surface area contributed by atoms with Crippen LogP contribution in [0.2, 0.25) is 0 Å². The number of nitrogens with zero attached hydrogens (tertiary/aromatic N) is 3. The summed E-state index contributed by atoms with van der Waals surface area (Å²) >= 11 is 0. The lowest BCUT2D eigenvalue weighted by Gasteiger charge is -2.56. The van der Waals surface area contributed by atoms with Gasteiger partial charge in [-0.3, -0.25) is 19.4 Å². The summed E-state index contributed by atoms with van der Waals surface area (Å²) in [6.07, 6.45) is -3.50. The van der Waals surface area contributed by atoms with Gasteiger partial charge in [0.1, 0.15) is 0 Å². The fraction of sp³-hybridized carbons (Fsp3) is 0.481.